The van der Waals surface area contributed by atoms with E-state index < -0.39 is 5.60 Å². The lowest BCUT2D eigenvalue weighted by atomic mass is 9.92. The van der Waals surface area contributed by atoms with Crippen molar-refractivity contribution in [1.29, 1.82) is 0 Å². The summed E-state index contributed by atoms with van der Waals surface area (Å²) in [5.74, 6) is 0. The smallest absolute Gasteiger partial charge is 0.0840 e. The van der Waals surface area contributed by atoms with E-state index in [0.29, 0.717) is 0 Å². The van der Waals surface area contributed by atoms with Gasteiger partial charge in [0.15, 0.2) is 0 Å². The zero-order valence-electron chi connectivity index (χ0n) is 10.9. The molecule has 0 radical (unpaired) electrons. The molecule has 0 unspecified atom stereocenters. The zero-order valence-corrected chi connectivity index (χ0v) is 10.9. The van der Waals surface area contributed by atoms with E-state index in [1.165, 1.54) is 5.56 Å². The van der Waals surface area contributed by atoms with Gasteiger partial charge in [0, 0.05) is 13.5 Å². The van der Waals surface area contributed by atoms with Crippen LogP contribution >= 0.6 is 0 Å². The molecule has 1 aromatic rings. The molecule has 16 heavy (non-hydrogen) atoms. The van der Waals surface area contributed by atoms with Crippen LogP contribution in [-0.4, -0.2) is 17.8 Å². The van der Waals surface area contributed by atoms with E-state index in [9.17, 15) is 5.11 Å². The molecule has 0 bridgehead atoms. The molecule has 1 aromatic carbocycles. The highest BCUT2D eigenvalue weighted by Crippen LogP contribution is 2.23. The molecule has 0 atom stereocenters. The Hall–Kier alpha value is -0.860. The van der Waals surface area contributed by atoms with Gasteiger partial charge in [-0.25, -0.2) is 0 Å². The molecule has 0 amide bonds. The third-order valence-electron chi connectivity index (χ3n) is 2.82. The number of aliphatic hydroxyl groups is 1. The number of rotatable bonds is 4. The average molecular weight is 222 g/mol. The summed E-state index contributed by atoms with van der Waals surface area (Å²) < 4.78 is 5.40. The van der Waals surface area contributed by atoms with Crippen LogP contribution in [0.5, 0.6) is 0 Å². The lowest BCUT2D eigenvalue weighted by Gasteiger charge is -2.24. The van der Waals surface area contributed by atoms with Crippen molar-refractivity contribution in [1.82, 2.24) is 0 Å². The summed E-state index contributed by atoms with van der Waals surface area (Å²) in [4.78, 5) is 0. The Morgan fingerprint density at radius 2 is 1.81 bits per heavy atom. The standard InChI is InChI=1S/C14H22O2/c1-13(2,16-5)10-11-7-6-8-12(9-11)14(3,4)15/h6-9,15H,10H2,1-5H3. The molecular weight excluding hydrogens is 200 g/mol. The topological polar surface area (TPSA) is 29.5 Å². The summed E-state index contributed by atoms with van der Waals surface area (Å²) in [6.45, 7) is 7.72. The first-order valence-corrected chi connectivity index (χ1v) is 5.61. The Morgan fingerprint density at radius 1 is 1.19 bits per heavy atom. The third-order valence-corrected chi connectivity index (χ3v) is 2.82. The van der Waals surface area contributed by atoms with Crippen molar-refractivity contribution >= 4 is 0 Å². The van der Waals surface area contributed by atoms with Crippen LogP contribution in [0.2, 0.25) is 0 Å². The number of ether oxygens (including phenoxy) is 1. The summed E-state index contributed by atoms with van der Waals surface area (Å²) in [7, 11) is 1.72. The van der Waals surface area contributed by atoms with Crippen molar-refractivity contribution in [3.05, 3.63) is 35.4 Å². The maximum Gasteiger partial charge on any atom is 0.0840 e. The monoisotopic (exact) mass is 222 g/mol. The van der Waals surface area contributed by atoms with Gasteiger partial charge in [-0.05, 0) is 38.8 Å². The predicted molar refractivity (Wildman–Crippen MR) is 66.5 cm³/mol. The lowest BCUT2D eigenvalue weighted by molar-refractivity contribution is 0.0230. The Kier molecular flexibility index (Phi) is 3.76. The second-order valence-electron chi connectivity index (χ2n) is 5.40. The van der Waals surface area contributed by atoms with Crippen molar-refractivity contribution < 1.29 is 9.84 Å². The van der Waals surface area contributed by atoms with E-state index in [2.05, 4.69) is 19.9 Å². The maximum absolute atomic E-state index is 9.94. The van der Waals surface area contributed by atoms with E-state index in [4.69, 9.17) is 4.74 Å². The van der Waals surface area contributed by atoms with Gasteiger partial charge in [0.1, 0.15) is 0 Å². The molecule has 2 nitrogen and oxygen atoms in total. The molecule has 0 fully saturated rings. The van der Waals surface area contributed by atoms with E-state index in [0.717, 1.165) is 12.0 Å². The van der Waals surface area contributed by atoms with Crippen LogP contribution in [0.25, 0.3) is 0 Å². The quantitative estimate of drug-likeness (QED) is 0.848. The minimum Gasteiger partial charge on any atom is -0.386 e. The fourth-order valence-corrected chi connectivity index (χ4v) is 1.63. The first-order valence-electron chi connectivity index (χ1n) is 5.61. The molecule has 0 saturated carbocycles. The first-order chi connectivity index (χ1) is 7.24. The van der Waals surface area contributed by atoms with Crippen LogP contribution in [0.1, 0.15) is 38.8 Å². The molecule has 1 rings (SSSR count). The predicted octanol–water partition coefficient (Wildman–Crippen LogP) is 2.88. The van der Waals surface area contributed by atoms with Crippen molar-refractivity contribution in [2.45, 2.75) is 45.3 Å². The normalized spacial score (nSPS) is 12.9. The molecule has 0 aliphatic carbocycles. The number of methoxy groups -OCH3 is 1. The minimum atomic E-state index is -0.784. The van der Waals surface area contributed by atoms with Gasteiger partial charge >= 0.3 is 0 Å². The van der Waals surface area contributed by atoms with E-state index in [-0.39, 0.29) is 5.60 Å². The van der Waals surface area contributed by atoms with Gasteiger partial charge < -0.3 is 9.84 Å². The molecule has 0 heterocycles. The van der Waals surface area contributed by atoms with Gasteiger partial charge in [0.25, 0.3) is 0 Å². The fraction of sp³-hybridized carbons (Fsp3) is 0.571. The summed E-state index contributed by atoms with van der Waals surface area (Å²) in [5, 5.41) is 9.94. The fourth-order valence-electron chi connectivity index (χ4n) is 1.63. The van der Waals surface area contributed by atoms with Crippen molar-refractivity contribution in [3.63, 3.8) is 0 Å². The average Bonchev–Trinajstić information content (AvgIpc) is 2.16. The van der Waals surface area contributed by atoms with Crippen LogP contribution in [0, 0.1) is 0 Å². The van der Waals surface area contributed by atoms with Crippen molar-refractivity contribution in [2.75, 3.05) is 7.11 Å². The summed E-state index contributed by atoms with van der Waals surface area (Å²) >= 11 is 0. The van der Waals surface area contributed by atoms with Crippen LogP contribution in [0.4, 0.5) is 0 Å². The van der Waals surface area contributed by atoms with E-state index in [1.807, 2.05) is 18.2 Å². The number of hydrogen-bond acceptors (Lipinski definition) is 2. The third kappa shape index (κ3) is 3.62. The van der Waals surface area contributed by atoms with Gasteiger partial charge in [-0.1, -0.05) is 24.3 Å². The Morgan fingerprint density at radius 3 is 2.31 bits per heavy atom. The zero-order chi connectivity index (χ0) is 12.4. The number of benzene rings is 1. The van der Waals surface area contributed by atoms with Crippen molar-refractivity contribution in [2.24, 2.45) is 0 Å². The molecular formula is C14H22O2. The molecule has 0 aliphatic rings. The summed E-state index contributed by atoms with van der Waals surface area (Å²) in [5.41, 5.74) is 1.18. The van der Waals surface area contributed by atoms with E-state index in [1.54, 1.807) is 21.0 Å². The SMILES string of the molecule is COC(C)(C)Cc1cccc(C(C)(C)O)c1. The number of hydrogen-bond donors (Lipinski definition) is 1. The highest BCUT2D eigenvalue weighted by molar-refractivity contribution is 5.28. The molecule has 2 heteroatoms. The molecule has 0 aliphatic heterocycles. The first kappa shape index (κ1) is 13.2. The van der Waals surface area contributed by atoms with Gasteiger partial charge in [0.05, 0.1) is 11.2 Å². The lowest BCUT2D eigenvalue weighted by Crippen LogP contribution is -2.25. The molecule has 0 spiro atoms. The Labute approximate surface area is 98.3 Å². The maximum atomic E-state index is 9.94. The minimum absolute atomic E-state index is 0.168. The van der Waals surface area contributed by atoms with Gasteiger partial charge in [-0.2, -0.15) is 0 Å². The second kappa shape index (κ2) is 4.56. The highest BCUT2D eigenvalue weighted by atomic mass is 16.5. The van der Waals surface area contributed by atoms with Crippen LogP contribution < -0.4 is 0 Å². The second-order valence-corrected chi connectivity index (χ2v) is 5.40. The highest BCUT2D eigenvalue weighted by Gasteiger charge is 2.20. The summed E-state index contributed by atoms with van der Waals surface area (Å²) in [6, 6.07) is 8.04. The Bertz CT molecular complexity index is 348. The van der Waals surface area contributed by atoms with Crippen molar-refractivity contribution in [3.8, 4) is 0 Å². The van der Waals surface area contributed by atoms with Gasteiger partial charge in [0.2, 0.25) is 0 Å². The van der Waals surface area contributed by atoms with Gasteiger partial charge in [-0.15, -0.1) is 0 Å². The molecule has 0 aromatic heterocycles. The molecule has 0 saturated heterocycles. The van der Waals surface area contributed by atoms with Crippen LogP contribution in [0.15, 0.2) is 24.3 Å². The molecule has 90 valence electrons. The van der Waals surface area contributed by atoms with Crippen LogP contribution in [-0.2, 0) is 16.8 Å². The largest absolute Gasteiger partial charge is 0.386 e. The van der Waals surface area contributed by atoms with Crippen LogP contribution in [0.3, 0.4) is 0 Å². The Balaban J connectivity index is 2.92. The van der Waals surface area contributed by atoms with Gasteiger partial charge in [-0.3, -0.25) is 0 Å². The summed E-state index contributed by atoms with van der Waals surface area (Å²) in [6.07, 6.45) is 0.841. The van der Waals surface area contributed by atoms with E-state index >= 15 is 0 Å². The molecule has 1 N–H and O–H groups in total.